The summed E-state index contributed by atoms with van der Waals surface area (Å²) < 4.78 is 0. The molecule has 1 N–H and O–H groups in total. The van der Waals surface area contributed by atoms with Crippen molar-refractivity contribution >= 4 is 10.8 Å². The highest BCUT2D eigenvalue weighted by atomic mass is 15.0. The van der Waals surface area contributed by atoms with Gasteiger partial charge in [0.1, 0.15) is 5.82 Å². The van der Waals surface area contributed by atoms with Gasteiger partial charge in [0.05, 0.1) is 11.6 Å². The second-order valence-corrected chi connectivity index (χ2v) is 5.36. The molecule has 4 rings (SSSR count). The van der Waals surface area contributed by atoms with Crippen LogP contribution in [-0.2, 0) is 0 Å². The summed E-state index contributed by atoms with van der Waals surface area (Å²) in [5.74, 6) is 2.18. The quantitative estimate of drug-likeness (QED) is 0.779. The SMILES string of the molecule is c1ccc2cc(-c3ccnc([C]4CCNC4)n3)ccc2c1. The molecule has 1 radical (unpaired) electrons. The van der Waals surface area contributed by atoms with E-state index in [9.17, 15) is 0 Å². The van der Waals surface area contributed by atoms with Gasteiger partial charge in [-0.05, 0) is 35.9 Å². The molecular weight excluding hydrogens is 258 g/mol. The van der Waals surface area contributed by atoms with Crippen LogP contribution in [-0.4, -0.2) is 23.1 Å². The second-order valence-electron chi connectivity index (χ2n) is 5.36. The Labute approximate surface area is 124 Å². The molecule has 1 aliphatic heterocycles. The highest BCUT2D eigenvalue weighted by Crippen LogP contribution is 2.25. The number of hydrogen-bond donors (Lipinski definition) is 1. The Morgan fingerprint density at radius 2 is 1.86 bits per heavy atom. The van der Waals surface area contributed by atoms with Crippen molar-refractivity contribution in [3.63, 3.8) is 0 Å². The van der Waals surface area contributed by atoms with E-state index in [1.165, 1.54) is 16.7 Å². The Morgan fingerprint density at radius 3 is 2.71 bits per heavy atom. The minimum Gasteiger partial charge on any atom is -0.316 e. The van der Waals surface area contributed by atoms with E-state index in [0.29, 0.717) is 0 Å². The van der Waals surface area contributed by atoms with Gasteiger partial charge in [-0.25, -0.2) is 9.97 Å². The largest absolute Gasteiger partial charge is 0.316 e. The molecule has 0 atom stereocenters. The maximum Gasteiger partial charge on any atom is 0.137 e. The van der Waals surface area contributed by atoms with Gasteiger partial charge in [0.15, 0.2) is 0 Å². The first-order valence-electron chi connectivity index (χ1n) is 7.28. The van der Waals surface area contributed by atoms with Gasteiger partial charge >= 0.3 is 0 Å². The van der Waals surface area contributed by atoms with Gasteiger partial charge in [-0.1, -0.05) is 36.4 Å². The van der Waals surface area contributed by atoms with E-state index in [4.69, 9.17) is 4.98 Å². The molecule has 0 spiro atoms. The van der Waals surface area contributed by atoms with Crippen molar-refractivity contribution in [3.05, 3.63) is 66.5 Å². The molecule has 0 saturated carbocycles. The molecule has 103 valence electrons. The zero-order valence-electron chi connectivity index (χ0n) is 11.7. The molecule has 2 aromatic carbocycles. The zero-order chi connectivity index (χ0) is 14.1. The lowest BCUT2D eigenvalue weighted by atomic mass is 10.0. The minimum absolute atomic E-state index is 0.880. The number of hydrogen-bond acceptors (Lipinski definition) is 3. The molecule has 0 aliphatic carbocycles. The highest BCUT2D eigenvalue weighted by Gasteiger charge is 2.20. The monoisotopic (exact) mass is 274 g/mol. The Balaban J connectivity index is 1.75. The summed E-state index contributed by atoms with van der Waals surface area (Å²) in [5.41, 5.74) is 2.13. The van der Waals surface area contributed by atoms with Crippen molar-refractivity contribution in [1.82, 2.24) is 15.3 Å². The van der Waals surface area contributed by atoms with E-state index in [0.717, 1.165) is 36.6 Å². The first-order valence-corrected chi connectivity index (χ1v) is 7.28. The van der Waals surface area contributed by atoms with Gasteiger partial charge in [0, 0.05) is 18.3 Å². The number of nitrogens with one attached hydrogen (secondary N) is 1. The number of nitrogens with zero attached hydrogens (tertiary/aromatic N) is 2. The van der Waals surface area contributed by atoms with E-state index in [-0.39, 0.29) is 0 Å². The number of aromatic nitrogens is 2. The van der Waals surface area contributed by atoms with Gasteiger partial charge in [-0.2, -0.15) is 0 Å². The molecule has 1 fully saturated rings. The van der Waals surface area contributed by atoms with Gasteiger partial charge < -0.3 is 5.32 Å². The van der Waals surface area contributed by atoms with Crippen molar-refractivity contribution in [2.75, 3.05) is 13.1 Å². The third kappa shape index (κ3) is 2.41. The number of benzene rings is 2. The first-order chi connectivity index (χ1) is 10.4. The van der Waals surface area contributed by atoms with E-state index < -0.39 is 0 Å². The third-order valence-electron chi connectivity index (χ3n) is 3.96. The molecule has 1 saturated heterocycles. The average molecular weight is 274 g/mol. The van der Waals surface area contributed by atoms with Gasteiger partial charge in [-0.15, -0.1) is 0 Å². The molecule has 2 heterocycles. The van der Waals surface area contributed by atoms with Crippen LogP contribution in [0.3, 0.4) is 0 Å². The summed E-state index contributed by atoms with van der Waals surface area (Å²) in [6, 6.07) is 16.9. The van der Waals surface area contributed by atoms with Crippen LogP contribution in [0.15, 0.2) is 54.7 Å². The standard InChI is InChI=1S/C18H16N3/c1-2-4-14-11-15(6-5-13(14)3-1)17-8-10-20-18(21-17)16-7-9-19-12-16/h1-6,8,10-11,19H,7,9,12H2. The first kappa shape index (κ1) is 12.5. The Hall–Kier alpha value is -2.26. The van der Waals surface area contributed by atoms with Crippen molar-refractivity contribution in [2.45, 2.75) is 6.42 Å². The van der Waals surface area contributed by atoms with Crippen LogP contribution in [0, 0.1) is 5.92 Å². The maximum atomic E-state index is 4.74. The Morgan fingerprint density at radius 1 is 0.952 bits per heavy atom. The van der Waals surface area contributed by atoms with E-state index in [1.54, 1.807) is 0 Å². The molecular formula is C18H16N3. The highest BCUT2D eigenvalue weighted by molar-refractivity contribution is 5.86. The predicted octanol–water partition coefficient (Wildman–Crippen LogP) is 3.21. The van der Waals surface area contributed by atoms with Crippen molar-refractivity contribution < 1.29 is 0 Å². The van der Waals surface area contributed by atoms with Gasteiger partial charge in [0.25, 0.3) is 0 Å². The molecule has 3 aromatic rings. The molecule has 1 aliphatic rings. The van der Waals surface area contributed by atoms with Crippen LogP contribution in [0.1, 0.15) is 12.2 Å². The third-order valence-corrected chi connectivity index (χ3v) is 3.96. The van der Waals surface area contributed by atoms with E-state index in [1.807, 2.05) is 12.3 Å². The maximum absolute atomic E-state index is 4.74. The van der Waals surface area contributed by atoms with Crippen molar-refractivity contribution in [3.8, 4) is 11.3 Å². The minimum atomic E-state index is 0.880. The molecule has 3 heteroatoms. The van der Waals surface area contributed by atoms with Crippen LogP contribution in [0.25, 0.3) is 22.0 Å². The molecule has 3 nitrogen and oxygen atoms in total. The second kappa shape index (κ2) is 5.26. The molecule has 0 unspecified atom stereocenters. The van der Waals surface area contributed by atoms with Crippen molar-refractivity contribution in [2.24, 2.45) is 0 Å². The van der Waals surface area contributed by atoms with E-state index >= 15 is 0 Å². The van der Waals surface area contributed by atoms with Crippen LogP contribution in [0.4, 0.5) is 0 Å². The molecule has 0 amide bonds. The predicted molar refractivity (Wildman–Crippen MR) is 84.8 cm³/mol. The van der Waals surface area contributed by atoms with Crippen molar-refractivity contribution in [1.29, 1.82) is 0 Å². The molecule has 21 heavy (non-hydrogen) atoms. The Bertz CT molecular complexity index is 776. The van der Waals surface area contributed by atoms with Gasteiger partial charge in [-0.3, -0.25) is 0 Å². The van der Waals surface area contributed by atoms with Gasteiger partial charge in [0.2, 0.25) is 0 Å². The Kier molecular flexibility index (Phi) is 3.13. The number of rotatable bonds is 2. The number of fused-ring (bicyclic) bond motifs is 1. The lowest BCUT2D eigenvalue weighted by Gasteiger charge is -2.08. The lowest BCUT2D eigenvalue weighted by molar-refractivity contribution is 0.857. The summed E-state index contributed by atoms with van der Waals surface area (Å²) in [6.45, 7) is 1.93. The fourth-order valence-corrected chi connectivity index (χ4v) is 2.80. The topological polar surface area (TPSA) is 37.8 Å². The van der Waals surface area contributed by atoms with Crippen LogP contribution >= 0.6 is 0 Å². The lowest BCUT2D eigenvalue weighted by Crippen LogP contribution is -2.11. The zero-order valence-corrected chi connectivity index (χ0v) is 11.7. The summed E-state index contributed by atoms with van der Waals surface area (Å²) in [5, 5.41) is 5.83. The fourth-order valence-electron chi connectivity index (χ4n) is 2.80. The smallest absolute Gasteiger partial charge is 0.137 e. The van der Waals surface area contributed by atoms with Crippen LogP contribution in [0.2, 0.25) is 0 Å². The summed E-state index contributed by atoms with van der Waals surface area (Å²) >= 11 is 0. The van der Waals surface area contributed by atoms with Crippen LogP contribution in [0.5, 0.6) is 0 Å². The van der Waals surface area contributed by atoms with E-state index in [2.05, 4.69) is 52.8 Å². The average Bonchev–Trinajstić information content (AvgIpc) is 3.09. The molecule has 0 bridgehead atoms. The summed E-state index contributed by atoms with van der Waals surface area (Å²) in [4.78, 5) is 9.16. The summed E-state index contributed by atoms with van der Waals surface area (Å²) in [6.07, 6.45) is 2.90. The normalized spacial score (nSPS) is 15.6. The summed E-state index contributed by atoms with van der Waals surface area (Å²) in [7, 11) is 0. The molecule has 1 aromatic heterocycles. The fraction of sp³-hybridized carbons (Fsp3) is 0.167. The van der Waals surface area contributed by atoms with Crippen LogP contribution < -0.4 is 5.32 Å².